The zero-order chi connectivity index (χ0) is 13.4. The van der Waals surface area contributed by atoms with Crippen LogP contribution in [0.3, 0.4) is 0 Å². The standard InChI is InChI=1S/C10H19N3O2S2/c1-6-10(2,3)13(4)9-7(17(5,14)15)8(11)12-16-9/h6H2,1-5H3,(H2,11,12). The average Bonchev–Trinajstić information content (AvgIpc) is 2.58. The molecule has 0 unspecified atom stereocenters. The third-order valence-corrected chi connectivity index (χ3v) is 5.32. The van der Waals surface area contributed by atoms with Gasteiger partial charge >= 0.3 is 0 Å². The molecule has 1 heterocycles. The second-order valence-corrected chi connectivity index (χ2v) is 7.40. The van der Waals surface area contributed by atoms with Crippen molar-refractivity contribution in [1.82, 2.24) is 4.37 Å². The van der Waals surface area contributed by atoms with Crippen molar-refractivity contribution in [2.45, 2.75) is 37.6 Å². The van der Waals surface area contributed by atoms with Crippen LogP contribution in [0.15, 0.2) is 4.90 Å². The molecule has 98 valence electrons. The lowest BCUT2D eigenvalue weighted by Gasteiger charge is -2.35. The molecule has 7 heteroatoms. The molecule has 0 aliphatic carbocycles. The van der Waals surface area contributed by atoms with Crippen LogP contribution in [0.4, 0.5) is 10.8 Å². The summed E-state index contributed by atoms with van der Waals surface area (Å²) in [6.07, 6.45) is 2.05. The highest BCUT2D eigenvalue weighted by atomic mass is 32.2. The summed E-state index contributed by atoms with van der Waals surface area (Å²) in [5.41, 5.74) is 5.50. The molecule has 2 N–H and O–H groups in total. The predicted molar refractivity (Wildman–Crippen MR) is 72.4 cm³/mol. The van der Waals surface area contributed by atoms with E-state index in [4.69, 9.17) is 5.73 Å². The molecule has 0 amide bonds. The Morgan fingerprint density at radius 2 is 2.00 bits per heavy atom. The zero-order valence-electron chi connectivity index (χ0n) is 10.8. The fraction of sp³-hybridized carbons (Fsp3) is 0.700. The molecule has 0 atom stereocenters. The molecule has 0 spiro atoms. The van der Waals surface area contributed by atoms with Crippen LogP contribution in [-0.2, 0) is 9.84 Å². The van der Waals surface area contributed by atoms with Crippen LogP contribution in [0.25, 0.3) is 0 Å². The van der Waals surface area contributed by atoms with Gasteiger partial charge in [-0.1, -0.05) is 6.92 Å². The van der Waals surface area contributed by atoms with E-state index in [0.29, 0.717) is 5.00 Å². The molecule has 1 rings (SSSR count). The van der Waals surface area contributed by atoms with Gasteiger partial charge in [0.05, 0.1) is 0 Å². The molecule has 17 heavy (non-hydrogen) atoms. The highest BCUT2D eigenvalue weighted by molar-refractivity contribution is 7.91. The van der Waals surface area contributed by atoms with E-state index < -0.39 is 9.84 Å². The quantitative estimate of drug-likeness (QED) is 0.907. The molecular formula is C10H19N3O2S2. The minimum Gasteiger partial charge on any atom is -0.382 e. The summed E-state index contributed by atoms with van der Waals surface area (Å²) in [6.45, 7) is 6.16. The van der Waals surface area contributed by atoms with E-state index in [1.54, 1.807) is 0 Å². The number of rotatable bonds is 4. The summed E-state index contributed by atoms with van der Waals surface area (Å²) in [5.74, 6) is 0.0891. The molecule has 0 radical (unpaired) electrons. The lowest BCUT2D eigenvalue weighted by Crippen LogP contribution is -2.40. The van der Waals surface area contributed by atoms with Gasteiger partial charge < -0.3 is 10.6 Å². The Morgan fingerprint density at radius 1 is 1.47 bits per heavy atom. The van der Waals surface area contributed by atoms with Crippen molar-refractivity contribution < 1.29 is 8.42 Å². The molecule has 0 aliphatic rings. The lowest BCUT2D eigenvalue weighted by atomic mass is 10.0. The van der Waals surface area contributed by atoms with Gasteiger partial charge in [0.2, 0.25) is 0 Å². The molecule has 0 aromatic carbocycles. The van der Waals surface area contributed by atoms with Gasteiger partial charge in [0.15, 0.2) is 15.7 Å². The van der Waals surface area contributed by atoms with E-state index >= 15 is 0 Å². The van der Waals surface area contributed by atoms with E-state index in [1.807, 2.05) is 11.9 Å². The van der Waals surface area contributed by atoms with Gasteiger partial charge in [-0.2, -0.15) is 4.37 Å². The van der Waals surface area contributed by atoms with Gasteiger partial charge in [0, 0.05) is 18.8 Å². The third-order valence-electron chi connectivity index (χ3n) is 3.11. The van der Waals surface area contributed by atoms with Crippen LogP contribution in [0, 0.1) is 0 Å². The minimum absolute atomic E-state index is 0.0891. The molecule has 0 bridgehead atoms. The fourth-order valence-electron chi connectivity index (χ4n) is 1.36. The summed E-state index contributed by atoms with van der Waals surface area (Å²) in [5, 5.41) is 0.608. The molecule has 0 saturated heterocycles. The van der Waals surface area contributed by atoms with E-state index in [2.05, 4.69) is 25.1 Å². The first-order chi connectivity index (χ1) is 7.61. The summed E-state index contributed by atoms with van der Waals surface area (Å²) in [4.78, 5) is 2.07. The number of nitrogens with zero attached hydrogens (tertiary/aromatic N) is 2. The predicted octanol–water partition coefficient (Wildman–Crippen LogP) is 1.75. The van der Waals surface area contributed by atoms with Crippen LogP contribution in [0.5, 0.6) is 0 Å². The smallest absolute Gasteiger partial charge is 0.182 e. The highest BCUT2D eigenvalue weighted by Crippen LogP contribution is 2.37. The topological polar surface area (TPSA) is 76.3 Å². The summed E-state index contributed by atoms with van der Waals surface area (Å²) in [7, 11) is -1.49. The van der Waals surface area contributed by atoms with E-state index in [1.165, 1.54) is 0 Å². The van der Waals surface area contributed by atoms with Crippen molar-refractivity contribution in [3.63, 3.8) is 0 Å². The number of sulfone groups is 1. The Hall–Kier alpha value is -0.820. The number of nitrogens with two attached hydrogens (primary N) is 1. The van der Waals surface area contributed by atoms with E-state index in [-0.39, 0.29) is 16.3 Å². The van der Waals surface area contributed by atoms with Gasteiger partial charge in [-0.15, -0.1) is 0 Å². The Morgan fingerprint density at radius 3 is 2.41 bits per heavy atom. The van der Waals surface area contributed by atoms with Crippen molar-refractivity contribution in [2.24, 2.45) is 0 Å². The molecule has 0 saturated carbocycles. The molecule has 1 aromatic rings. The molecule has 0 fully saturated rings. The molecular weight excluding hydrogens is 258 g/mol. The monoisotopic (exact) mass is 277 g/mol. The molecule has 5 nitrogen and oxygen atoms in total. The van der Waals surface area contributed by atoms with Gasteiger partial charge in [0.25, 0.3) is 0 Å². The Labute approximate surface area is 107 Å². The average molecular weight is 277 g/mol. The summed E-state index contributed by atoms with van der Waals surface area (Å²) in [6, 6.07) is 0. The minimum atomic E-state index is -3.35. The van der Waals surface area contributed by atoms with Crippen LogP contribution in [0.2, 0.25) is 0 Å². The molecule has 1 aromatic heterocycles. The number of anilines is 2. The highest BCUT2D eigenvalue weighted by Gasteiger charge is 2.30. The van der Waals surface area contributed by atoms with Crippen molar-refractivity contribution in [3.05, 3.63) is 0 Å². The fourth-order valence-corrected chi connectivity index (χ4v) is 3.70. The van der Waals surface area contributed by atoms with Crippen molar-refractivity contribution >= 4 is 32.2 Å². The maximum absolute atomic E-state index is 11.7. The van der Waals surface area contributed by atoms with Gasteiger partial charge in [-0.25, -0.2) is 8.42 Å². The van der Waals surface area contributed by atoms with Crippen LogP contribution >= 0.6 is 11.5 Å². The first-order valence-corrected chi connectivity index (χ1v) is 7.96. The number of aromatic nitrogens is 1. The Bertz CT molecular complexity index is 506. The SMILES string of the molecule is CCC(C)(C)N(C)c1snc(N)c1S(C)(=O)=O. The van der Waals surface area contributed by atoms with Crippen LogP contribution < -0.4 is 10.6 Å². The number of hydrogen-bond donors (Lipinski definition) is 1. The molecule has 0 aliphatic heterocycles. The maximum atomic E-state index is 11.7. The van der Waals surface area contributed by atoms with E-state index in [9.17, 15) is 8.42 Å². The van der Waals surface area contributed by atoms with E-state index in [0.717, 1.165) is 24.2 Å². The van der Waals surface area contributed by atoms with Gasteiger partial charge in [0.1, 0.15) is 9.90 Å². The maximum Gasteiger partial charge on any atom is 0.182 e. The Balaban J connectivity index is 3.35. The van der Waals surface area contributed by atoms with Crippen molar-refractivity contribution in [1.29, 1.82) is 0 Å². The summed E-state index contributed by atoms with van der Waals surface area (Å²) >= 11 is 1.13. The summed E-state index contributed by atoms with van der Waals surface area (Å²) < 4.78 is 27.4. The second kappa shape index (κ2) is 4.45. The van der Waals surface area contributed by atoms with Crippen molar-refractivity contribution in [3.8, 4) is 0 Å². The Kier molecular flexibility index (Phi) is 3.73. The van der Waals surface area contributed by atoms with Crippen LogP contribution in [0.1, 0.15) is 27.2 Å². The lowest BCUT2D eigenvalue weighted by molar-refractivity contribution is 0.471. The first kappa shape index (κ1) is 14.2. The normalized spacial score (nSPS) is 12.8. The number of hydrogen-bond acceptors (Lipinski definition) is 6. The third kappa shape index (κ3) is 2.71. The van der Waals surface area contributed by atoms with Crippen molar-refractivity contribution in [2.75, 3.05) is 23.9 Å². The first-order valence-electron chi connectivity index (χ1n) is 5.30. The zero-order valence-corrected chi connectivity index (χ0v) is 12.4. The largest absolute Gasteiger partial charge is 0.382 e. The number of nitrogen functional groups attached to an aromatic ring is 1. The van der Waals surface area contributed by atoms with Gasteiger partial charge in [-0.05, 0) is 31.8 Å². The van der Waals surface area contributed by atoms with Gasteiger partial charge in [-0.3, -0.25) is 0 Å². The second-order valence-electron chi connectivity index (χ2n) is 4.70. The van der Waals surface area contributed by atoms with Crippen LogP contribution in [-0.4, -0.2) is 31.6 Å².